The van der Waals surface area contributed by atoms with Crippen LogP contribution in [0, 0.1) is 12.7 Å². The van der Waals surface area contributed by atoms with Gasteiger partial charge in [0, 0.05) is 57.4 Å². The summed E-state index contributed by atoms with van der Waals surface area (Å²) in [5.41, 5.74) is 3.83. The number of hydrogen-bond donors (Lipinski definition) is 2. The van der Waals surface area contributed by atoms with E-state index in [1.807, 2.05) is 23.7 Å². The van der Waals surface area contributed by atoms with Crippen LogP contribution in [0.25, 0.3) is 10.9 Å². The van der Waals surface area contributed by atoms with E-state index in [1.165, 1.54) is 0 Å². The Kier molecular flexibility index (Phi) is 5.10. The monoisotopic (exact) mass is 504 g/mol. The first-order valence-corrected chi connectivity index (χ1v) is 13.0. The third kappa shape index (κ3) is 3.79. The molecule has 3 amide bonds. The fourth-order valence-electron chi connectivity index (χ4n) is 5.72. The summed E-state index contributed by atoms with van der Waals surface area (Å²) in [6.07, 6.45) is 2.92. The lowest BCUT2D eigenvalue weighted by Gasteiger charge is -2.37. The molecule has 10 nitrogen and oxygen atoms in total. The van der Waals surface area contributed by atoms with Crippen LogP contribution in [0.2, 0.25) is 0 Å². The van der Waals surface area contributed by atoms with E-state index in [0.29, 0.717) is 41.6 Å². The number of amides is 3. The highest BCUT2D eigenvalue weighted by Crippen LogP contribution is 2.42. The van der Waals surface area contributed by atoms with Crippen molar-refractivity contribution in [1.82, 2.24) is 25.0 Å². The number of carbonyl (C=O) groups is 2. The second-order valence-corrected chi connectivity index (χ2v) is 10.4. The average Bonchev–Trinajstić information content (AvgIpc) is 3.63. The summed E-state index contributed by atoms with van der Waals surface area (Å²) in [6, 6.07) is 5.62. The predicted molar refractivity (Wildman–Crippen MR) is 138 cm³/mol. The second-order valence-electron chi connectivity index (χ2n) is 10.4. The number of aromatic nitrogens is 3. The minimum absolute atomic E-state index is 0.109. The van der Waals surface area contributed by atoms with E-state index in [1.54, 1.807) is 11.0 Å². The molecule has 3 aromatic rings. The summed E-state index contributed by atoms with van der Waals surface area (Å²) >= 11 is 0. The fraction of sp³-hybridized carbons (Fsp3) is 0.462. The molecule has 0 bridgehead atoms. The summed E-state index contributed by atoms with van der Waals surface area (Å²) in [6.45, 7) is 6.80. The zero-order chi connectivity index (χ0) is 25.3. The molecular weight excluding hydrogens is 475 g/mol. The fourth-order valence-corrected chi connectivity index (χ4v) is 5.72. The van der Waals surface area contributed by atoms with Crippen LogP contribution < -0.4 is 20.4 Å². The summed E-state index contributed by atoms with van der Waals surface area (Å²) in [5, 5.41) is 11.1. The number of benzene rings is 1. The molecule has 0 spiro atoms. The van der Waals surface area contributed by atoms with Gasteiger partial charge in [-0.15, -0.1) is 0 Å². The van der Waals surface area contributed by atoms with Gasteiger partial charge in [-0.3, -0.25) is 14.6 Å². The van der Waals surface area contributed by atoms with Crippen LogP contribution in [0.1, 0.15) is 41.0 Å². The molecule has 7 rings (SSSR count). The van der Waals surface area contributed by atoms with Gasteiger partial charge in [0.2, 0.25) is 0 Å². The van der Waals surface area contributed by atoms with Crippen LogP contribution in [0.4, 0.5) is 26.4 Å². The molecule has 2 aromatic heterocycles. The van der Waals surface area contributed by atoms with Gasteiger partial charge in [-0.2, -0.15) is 5.10 Å². The highest BCUT2D eigenvalue weighted by molar-refractivity contribution is 6.18. The second kappa shape index (κ2) is 8.41. The van der Waals surface area contributed by atoms with Gasteiger partial charge in [-0.1, -0.05) is 0 Å². The molecule has 5 heterocycles. The molecule has 0 atom stereocenters. The number of urea groups is 1. The minimum Gasteiger partial charge on any atom is -0.368 e. The number of nitrogens with one attached hydrogen (secondary N) is 2. The van der Waals surface area contributed by atoms with E-state index in [4.69, 9.17) is 0 Å². The molecule has 0 unspecified atom stereocenters. The molecule has 3 aliphatic heterocycles. The third-order valence-corrected chi connectivity index (χ3v) is 7.81. The number of aryl methyl sites for hydroxylation is 2. The summed E-state index contributed by atoms with van der Waals surface area (Å²) in [5.74, 6) is 0.228. The molecule has 192 valence electrons. The van der Waals surface area contributed by atoms with Crippen molar-refractivity contribution in [2.45, 2.75) is 45.3 Å². The lowest BCUT2D eigenvalue weighted by molar-refractivity contribution is 0.0946. The smallest absolute Gasteiger partial charge is 0.327 e. The van der Waals surface area contributed by atoms with Crippen molar-refractivity contribution >= 4 is 40.0 Å². The number of hydrogen-bond acceptors (Lipinski definition) is 6. The maximum absolute atomic E-state index is 15.6. The minimum atomic E-state index is -0.371. The van der Waals surface area contributed by atoms with E-state index in [9.17, 15) is 9.59 Å². The number of halogens is 1. The molecule has 2 N–H and O–H groups in total. The largest absolute Gasteiger partial charge is 0.368 e. The average molecular weight is 505 g/mol. The van der Waals surface area contributed by atoms with E-state index < -0.39 is 0 Å². The van der Waals surface area contributed by atoms with Crippen LogP contribution >= 0.6 is 0 Å². The number of pyridine rings is 1. The number of piperazine rings is 1. The van der Waals surface area contributed by atoms with Crippen molar-refractivity contribution in [1.29, 1.82) is 0 Å². The maximum Gasteiger partial charge on any atom is 0.327 e. The van der Waals surface area contributed by atoms with Gasteiger partial charge in [-0.05, 0) is 44.4 Å². The molecule has 1 aromatic carbocycles. The predicted octanol–water partition coefficient (Wildman–Crippen LogP) is 2.85. The van der Waals surface area contributed by atoms with Gasteiger partial charge >= 0.3 is 6.03 Å². The topological polar surface area (TPSA) is 98.6 Å². The molecule has 1 aliphatic carbocycles. The van der Waals surface area contributed by atoms with Gasteiger partial charge in [0.05, 0.1) is 28.0 Å². The molecule has 1 saturated heterocycles. The van der Waals surface area contributed by atoms with Gasteiger partial charge in [0.15, 0.2) is 5.82 Å². The quantitative estimate of drug-likeness (QED) is 0.555. The molecule has 37 heavy (non-hydrogen) atoms. The van der Waals surface area contributed by atoms with Gasteiger partial charge in [-0.25, -0.2) is 18.9 Å². The highest BCUT2D eigenvalue weighted by atomic mass is 19.1. The molecule has 1 saturated carbocycles. The molecule has 4 aliphatic rings. The van der Waals surface area contributed by atoms with Crippen molar-refractivity contribution in [3.05, 3.63) is 41.0 Å². The van der Waals surface area contributed by atoms with Crippen molar-refractivity contribution in [2.75, 3.05) is 47.8 Å². The summed E-state index contributed by atoms with van der Waals surface area (Å²) < 4.78 is 17.5. The number of anilines is 3. The van der Waals surface area contributed by atoms with Crippen molar-refractivity contribution < 1.29 is 14.0 Å². The first-order chi connectivity index (χ1) is 18.0. The van der Waals surface area contributed by atoms with Crippen LogP contribution in [-0.2, 0) is 13.1 Å². The Morgan fingerprint density at radius 1 is 1.16 bits per heavy atom. The standard InChI is InChI=1S/C26H29FN8O2/c1-15-20(6-5-18(28-15)24(36)29-17-3-4-17)33-11-9-32(10-12-33)14-16-13-19-21-23(22(16)27)30-26(37)34-7-2-8-35(31-19)25(21)34/h5-6,13,17H,2-4,7-12,14H2,1H3,(H,29,36)(H,30,37). The van der Waals surface area contributed by atoms with E-state index >= 15 is 4.39 Å². The number of rotatable bonds is 5. The Labute approximate surface area is 213 Å². The lowest BCUT2D eigenvalue weighted by Crippen LogP contribution is -2.46. The zero-order valence-corrected chi connectivity index (χ0v) is 20.8. The van der Waals surface area contributed by atoms with Crippen molar-refractivity contribution in [3.63, 3.8) is 0 Å². The SMILES string of the molecule is Cc1nc(C(=O)NC2CC2)ccc1N1CCN(Cc2cc3nn4c5c3c(c2F)NC(=O)N5CCC4)CC1. The molecule has 0 radical (unpaired) electrons. The Balaban J connectivity index is 1.07. The summed E-state index contributed by atoms with van der Waals surface area (Å²) in [4.78, 5) is 35.7. The molecule has 11 heteroatoms. The van der Waals surface area contributed by atoms with E-state index in [-0.39, 0.29) is 23.4 Å². The van der Waals surface area contributed by atoms with Crippen LogP contribution in [0.5, 0.6) is 0 Å². The Hall–Kier alpha value is -3.73. The van der Waals surface area contributed by atoms with Crippen LogP contribution in [-0.4, -0.2) is 70.4 Å². The van der Waals surface area contributed by atoms with Crippen molar-refractivity contribution in [3.8, 4) is 0 Å². The summed E-state index contributed by atoms with van der Waals surface area (Å²) in [7, 11) is 0. The maximum atomic E-state index is 15.6. The zero-order valence-electron chi connectivity index (χ0n) is 20.8. The molecular formula is C26H29FN8O2. The first-order valence-electron chi connectivity index (χ1n) is 13.0. The Bertz CT molecular complexity index is 1440. The number of nitrogens with zero attached hydrogens (tertiary/aromatic N) is 6. The van der Waals surface area contributed by atoms with Crippen molar-refractivity contribution in [2.24, 2.45) is 0 Å². The Morgan fingerprint density at radius 2 is 1.97 bits per heavy atom. The number of carbonyl (C=O) groups excluding carboxylic acids is 2. The van der Waals surface area contributed by atoms with Gasteiger partial charge in [0.1, 0.15) is 11.5 Å². The van der Waals surface area contributed by atoms with E-state index in [2.05, 4.69) is 30.5 Å². The lowest BCUT2D eigenvalue weighted by atomic mass is 10.1. The van der Waals surface area contributed by atoms with Gasteiger partial charge < -0.3 is 15.5 Å². The normalized spacial score (nSPS) is 19.4. The highest BCUT2D eigenvalue weighted by Gasteiger charge is 2.35. The molecule has 2 fully saturated rings. The van der Waals surface area contributed by atoms with Crippen LogP contribution in [0.15, 0.2) is 18.2 Å². The van der Waals surface area contributed by atoms with Gasteiger partial charge in [0.25, 0.3) is 5.91 Å². The van der Waals surface area contributed by atoms with E-state index in [0.717, 1.165) is 68.9 Å². The Morgan fingerprint density at radius 3 is 2.73 bits per heavy atom. The van der Waals surface area contributed by atoms with Crippen LogP contribution in [0.3, 0.4) is 0 Å². The first kappa shape index (κ1) is 22.5. The third-order valence-electron chi connectivity index (χ3n) is 7.81.